The largest absolute Gasteiger partial charge is 0.480 e. The molecule has 0 aliphatic carbocycles. The first-order valence-electron chi connectivity index (χ1n) is 6.03. The second-order valence-corrected chi connectivity index (χ2v) is 5.94. The molecule has 2 N–H and O–H groups in total. The van der Waals surface area contributed by atoms with Crippen molar-refractivity contribution in [2.45, 2.75) is 45.2 Å². The molecule has 0 aromatic rings. The number of aliphatic carboxylic acids is 1. The molecule has 2 amide bonds. The number of carbonyl (C=O) groups excluding carboxylic acids is 1. The number of hydrogen-bond donors (Lipinski definition) is 2. The summed E-state index contributed by atoms with van der Waals surface area (Å²) in [7, 11) is 0. The van der Waals surface area contributed by atoms with Gasteiger partial charge in [0.1, 0.15) is 6.54 Å². The Kier molecular flexibility index (Phi) is 4.21. The predicted octanol–water partition coefficient (Wildman–Crippen LogP) is 1.06. The first kappa shape index (κ1) is 14.8. The zero-order chi connectivity index (χ0) is 14.0. The molecule has 18 heavy (non-hydrogen) atoms. The molecule has 1 rings (SSSR count). The summed E-state index contributed by atoms with van der Waals surface area (Å²) in [5.74, 6) is -1.02. The fourth-order valence-corrected chi connectivity index (χ4v) is 1.84. The van der Waals surface area contributed by atoms with Gasteiger partial charge in [0.15, 0.2) is 0 Å². The van der Waals surface area contributed by atoms with Gasteiger partial charge in [-0.15, -0.1) is 0 Å². The van der Waals surface area contributed by atoms with Crippen LogP contribution in [0, 0.1) is 0 Å². The second-order valence-electron chi connectivity index (χ2n) is 5.94. The Hall–Kier alpha value is -1.30. The topological polar surface area (TPSA) is 78.9 Å². The van der Waals surface area contributed by atoms with Gasteiger partial charge in [-0.1, -0.05) is 0 Å². The van der Waals surface area contributed by atoms with E-state index in [1.807, 2.05) is 27.7 Å². The van der Waals surface area contributed by atoms with Crippen molar-refractivity contribution in [1.29, 1.82) is 0 Å². The van der Waals surface area contributed by atoms with Crippen molar-refractivity contribution in [1.82, 2.24) is 10.2 Å². The van der Waals surface area contributed by atoms with Crippen LogP contribution in [0.3, 0.4) is 0 Å². The van der Waals surface area contributed by atoms with Crippen molar-refractivity contribution in [3.8, 4) is 0 Å². The van der Waals surface area contributed by atoms with Crippen LogP contribution in [-0.2, 0) is 9.53 Å². The molecule has 0 radical (unpaired) electrons. The van der Waals surface area contributed by atoms with E-state index in [0.29, 0.717) is 13.2 Å². The highest BCUT2D eigenvalue weighted by Gasteiger charge is 2.36. The van der Waals surface area contributed by atoms with E-state index in [0.717, 1.165) is 6.42 Å². The van der Waals surface area contributed by atoms with Crippen LogP contribution in [0.15, 0.2) is 0 Å². The summed E-state index contributed by atoms with van der Waals surface area (Å²) in [6.45, 7) is 8.09. The molecule has 6 nitrogen and oxygen atoms in total. The molecule has 1 aliphatic heterocycles. The lowest BCUT2D eigenvalue weighted by Gasteiger charge is -2.37. The molecule has 0 aromatic heterocycles. The fraction of sp³-hybridized carbons (Fsp3) is 0.833. The van der Waals surface area contributed by atoms with Crippen LogP contribution in [-0.4, -0.2) is 52.8 Å². The van der Waals surface area contributed by atoms with Crippen LogP contribution < -0.4 is 5.32 Å². The average Bonchev–Trinajstić information content (AvgIpc) is 2.59. The van der Waals surface area contributed by atoms with Gasteiger partial charge in [-0.05, 0) is 34.1 Å². The van der Waals surface area contributed by atoms with Gasteiger partial charge >= 0.3 is 12.0 Å². The van der Waals surface area contributed by atoms with Gasteiger partial charge in [-0.25, -0.2) is 4.79 Å². The quantitative estimate of drug-likeness (QED) is 0.793. The van der Waals surface area contributed by atoms with Gasteiger partial charge < -0.3 is 20.1 Å². The molecule has 1 unspecified atom stereocenters. The molecule has 1 saturated heterocycles. The third kappa shape index (κ3) is 3.87. The van der Waals surface area contributed by atoms with Gasteiger partial charge in [-0.2, -0.15) is 0 Å². The Bertz CT molecular complexity index is 329. The highest BCUT2D eigenvalue weighted by molar-refractivity contribution is 5.81. The van der Waals surface area contributed by atoms with Crippen molar-refractivity contribution in [2.75, 3.05) is 19.8 Å². The van der Waals surface area contributed by atoms with Gasteiger partial charge in [0, 0.05) is 12.1 Å². The normalized spacial score (nSPS) is 23.8. The number of nitrogens with zero attached hydrogens (tertiary/aromatic N) is 1. The summed E-state index contributed by atoms with van der Waals surface area (Å²) in [5.41, 5.74) is -0.947. The van der Waals surface area contributed by atoms with Gasteiger partial charge in [0.05, 0.1) is 12.1 Å². The molecule has 104 valence electrons. The van der Waals surface area contributed by atoms with E-state index >= 15 is 0 Å². The van der Waals surface area contributed by atoms with Crippen LogP contribution in [0.4, 0.5) is 4.79 Å². The van der Waals surface area contributed by atoms with Crippen LogP contribution in [0.2, 0.25) is 0 Å². The lowest BCUT2D eigenvalue weighted by atomic mass is 10.0. The van der Waals surface area contributed by atoms with E-state index in [2.05, 4.69) is 5.32 Å². The maximum Gasteiger partial charge on any atom is 0.323 e. The molecular weight excluding hydrogens is 236 g/mol. The van der Waals surface area contributed by atoms with Crippen LogP contribution in [0.25, 0.3) is 0 Å². The Morgan fingerprint density at radius 3 is 2.44 bits per heavy atom. The van der Waals surface area contributed by atoms with E-state index in [9.17, 15) is 9.59 Å². The van der Waals surface area contributed by atoms with Crippen molar-refractivity contribution in [3.63, 3.8) is 0 Å². The van der Waals surface area contributed by atoms with E-state index in [4.69, 9.17) is 9.84 Å². The van der Waals surface area contributed by atoms with Crippen molar-refractivity contribution in [2.24, 2.45) is 0 Å². The maximum atomic E-state index is 12.2. The number of hydrogen-bond acceptors (Lipinski definition) is 3. The Balaban J connectivity index is 2.73. The number of ether oxygens (including phenoxy) is 1. The number of rotatable bonds is 3. The zero-order valence-electron chi connectivity index (χ0n) is 11.4. The zero-order valence-corrected chi connectivity index (χ0v) is 11.4. The Morgan fingerprint density at radius 1 is 1.44 bits per heavy atom. The highest BCUT2D eigenvalue weighted by Crippen LogP contribution is 2.20. The number of urea groups is 1. The monoisotopic (exact) mass is 258 g/mol. The fourth-order valence-electron chi connectivity index (χ4n) is 1.84. The summed E-state index contributed by atoms with van der Waals surface area (Å²) < 4.78 is 5.26. The van der Waals surface area contributed by atoms with E-state index < -0.39 is 17.0 Å². The molecule has 1 atom stereocenters. The molecule has 0 spiro atoms. The van der Waals surface area contributed by atoms with Crippen LogP contribution in [0.1, 0.15) is 34.1 Å². The van der Waals surface area contributed by atoms with Gasteiger partial charge in [0.25, 0.3) is 0 Å². The third-order valence-electron chi connectivity index (χ3n) is 2.98. The van der Waals surface area contributed by atoms with Crippen molar-refractivity contribution >= 4 is 12.0 Å². The third-order valence-corrected chi connectivity index (χ3v) is 2.98. The molecule has 0 aromatic carbocycles. The van der Waals surface area contributed by atoms with Crippen LogP contribution in [0.5, 0.6) is 0 Å². The first-order valence-corrected chi connectivity index (χ1v) is 6.03. The molecule has 0 saturated carbocycles. The van der Waals surface area contributed by atoms with E-state index in [1.54, 1.807) is 0 Å². The van der Waals surface area contributed by atoms with Crippen molar-refractivity contribution in [3.05, 3.63) is 0 Å². The number of amides is 2. The van der Waals surface area contributed by atoms with E-state index in [1.165, 1.54) is 4.90 Å². The standard InChI is InChI=1S/C12H22N2O4/c1-11(2,3)14(7-9(15)16)10(17)13-12(4)5-6-18-8-12/h5-8H2,1-4H3,(H,13,17)(H,15,16). The summed E-state index contributed by atoms with van der Waals surface area (Å²) in [4.78, 5) is 24.3. The number of carboxylic acids is 1. The average molecular weight is 258 g/mol. The predicted molar refractivity (Wildman–Crippen MR) is 66.5 cm³/mol. The molecule has 1 aliphatic rings. The minimum absolute atomic E-state index is 0.313. The van der Waals surface area contributed by atoms with Crippen LogP contribution >= 0.6 is 0 Å². The molecule has 6 heteroatoms. The summed E-state index contributed by atoms with van der Waals surface area (Å²) in [5, 5.41) is 11.7. The summed E-state index contributed by atoms with van der Waals surface area (Å²) in [6, 6.07) is -0.363. The van der Waals surface area contributed by atoms with E-state index in [-0.39, 0.29) is 12.6 Å². The minimum Gasteiger partial charge on any atom is -0.480 e. The smallest absolute Gasteiger partial charge is 0.323 e. The molecular formula is C12H22N2O4. The van der Waals surface area contributed by atoms with Gasteiger partial charge in [0.2, 0.25) is 0 Å². The SMILES string of the molecule is CC1(NC(=O)N(CC(=O)O)C(C)(C)C)CCOC1. The number of carboxylic acid groups (broad SMARTS) is 1. The lowest BCUT2D eigenvalue weighted by Crippen LogP contribution is -2.58. The molecule has 0 bridgehead atoms. The number of carbonyl (C=O) groups is 2. The molecule has 1 fully saturated rings. The summed E-state index contributed by atoms with van der Waals surface area (Å²) in [6.07, 6.45) is 0.740. The number of nitrogens with one attached hydrogen (secondary N) is 1. The Morgan fingerprint density at radius 2 is 2.06 bits per heavy atom. The first-order chi connectivity index (χ1) is 8.14. The molecule has 1 heterocycles. The minimum atomic E-state index is -1.02. The second kappa shape index (κ2) is 5.14. The Labute approximate surface area is 107 Å². The van der Waals surface area contributed by atoms with Gasteiger partial charge in [-0.3, -0.25) is 4.79 Å². The van der Waals surface area contributed by atoms with Crippen molar-refractivity contribution < 1.29 is 19.4 Å². The maximum absolute atomic E-state index is 12.2. The lowest BCUT2D eigenvalue weighted by molar-refractivity contribution is -0.138. The highest BCUT2D eigenvalue weighted by atomic mass is 16.5. The summed E-state index contributed by atoms with van der Waals surface area (Å²) >= 11 is 0.